The van der Waals surface area contributed by atoms with Crippen LogP contribution in [0.15, 0.2) is 36.5 Å². The van der Waals surface area contributed by atoms with Gasteiger partial charge in [-0.3, -0.25) is 9.78 Å². The fourth-order valence-electron chi connectivity index (χ4n) is 2.16. The normalized spacial score (nSPS) is 13.8. The quantitative estimate of drug-likeness (QED) is 0.901. The zero-order chi connectivity index (χ0) is 14.8. The Bertz CT molecular complexity index is 677. The molecule has 0 spiro atoms. The number of nitrogens with one attached hydrogen (secondary N) is 2. The van der Waals surface area contributed by atoms with Crippen LogP contribution in [0.1, 0.15) is 34.5 Å². The van der Waals surface area contributed by atoms with E-state index in [1.807, 2.05) is 38.1 Å². The van der Waals surface area contributed by atoms with Gasteiger partial charge in [-0.05, 0) is 56.0 Å². The third-order valence-corrected chi connectivity index (χ3v) is 3.58. The number of rotatable bonds is 4. The molecule has 108 valence electrons. The van der Waals surface area contributed by atoms with Crippen LogP contribution in [-0.2, 0) is 0 Å². The minimum absolute atomic E-state index is 0.178. The molecule has 0 saturated heterocycles. The molecule has 0 radical (unpaired) electrons. The van der Waals surface area contributed by atoms with E-state index in [1.54, 1.807) is 12.3 Å². The fourth-order valence-corrected chi connectivity index (χ4v) is 2.16. The van der Waals surface area contributed by atoms with Crippen molar-refractivity contribution in [2.24, 2.45) is 0 Å². The summed E-state index contributed by atoms with van der Waals surface area (Å²) in [5, 5.41) is 6.31. The maximum absolute atomic E-state index is 12.3. The molecule has 0 atom stereocenters. The van der Waals surface area contributed by atoms with E-state index in [0.29, 0.717) is 11.7 Å². The SMILES string of the molecule is Cc1ccc(C)c(NC(=O)c2cc(NC3CC3)ccn2)c1. The van der Waals surface area contributed by atoms with Crippen molar-refractivity contribution < 1.29 is 4.79 Å². The summed E-state index contributed by atoms with van der Waals surface area (Å²) in [6.07, 6.45) is 4.07. The first-order valence-corrected chi connectivity index (χ1v) is 7.23. The predicted octanol–water partition coefficient (Wildman–Crippen LogP) is 3.53. The Balaban J connectivity index is 1.76. The summed E-state index contributed by atoms with van der Waals surface area (Å²) in [6.45, 7) is 3.99. The largest absolute Gasteiger partial charge is 0.382 e. The zero-order valence-corrected chi connectivity index (χ0v) is 12.3. The second-order valence-corrected chi connectivity index (χ2v) is 5.62. The van der Waals surface area contributed by atoms with E-state index in [2.05, 4.69) is 15.6 Å². The Morgan fingerprint density at radius 3 is 2.76 bits per heavy atom. The van der Waals surface area contributed by atoms with Crippen LogP contribution in [0, 0.1) is 13.8 Å². The van der Waals surface area contributed by atoms with Gasteiger partial charge in [-0.2, -0.15) is 0 Å². The zero-order valence-electron chi connectivity index (χ0n) is 12.3. The number of aryl methyl sites for hydroxylation is 2. The summed E-state index contributed by atoms with van der Waals surface area (Å²) >= 11 is 0. The summed E-state index contributed by atoms with van der Waals surface area (Å²) in [6, 6.07) is 10.3. The average molecular weight is 281 g/mol. The molecule has 1 fully saturated rings. The molecule has 1 heterocycles. The average Bonchev–Trinajstić information content (AvgIpc) is 3.27. The summed E-state index contributed by atoms with van der Waals surface area (Å²) in [5.74, 6) is -0.178. The lowest BCUT2D eigenvalue weighted by molar-refractivity contribution is 0.102. The van der Waals surface area contributed by atoms with Gasteiger partial charge in [0.05, 0.1) is 0 Å². The molecule has 4 heteroatoms. The van der Waals surface area contributed by atoms with Crippen molar-refractivity contribution >= 4 is 17.3 Å². The van der Waals surface area contributed by atoms with E-state index in [4.69, 9.17) is 0 Å². The van der Waals surface area contributed by atoms with Crippen LogP contribution in [0.5, 0.6) is 0 Å². The number of nitrogens with zero attached hydrogens (tertiary/aromatic N) is 1. The van der Waals surface area contributed by atoms with E-state index in [0.717, 1.165) is 22.5 Å². The van der Waals surface area contributed by atoms with Crippen molar-refractivity contribution in [3.8, 4) is 0 Å². The van der Waals surface area contributed by atoms with Gasteiger partial charge in [0.25, 0.3) is 5.91 Å². The van der Waals surface area contributed by atoms with Gasteiger partial charge in [-0.25, -0.2) is 0 Å². The minimum atomic E-state index is -0.178. The summed E-state index contributed by atoms with van der Waals surface area (Å²) < 4.78 is 0. The molecule has 3 rings (SSSR count). The third-order valence-electron chi connectivity index (χ3n) is 3.58. The summed E-state index contributed by atoms with van der Waals surface area (Å²) in [4.78, 5) is 16.5. The molecule has 1 aromatic heterocycles. The smallest absolute Gasteiger partial charge is 0.274 e. The van der Waals surface area contributed by atoms with Gasteiger partial charge in [-0.15, -0.1) is 0 Å². The predicted molar refractivity (Wildman–Crippen MR) is 84.8 cm³/mol. The highest BCUT2D eigenvalue weighted by atomic mass is 16.1. The molecule has 1 aliphatic carbocycles. The van der Waals surface area contributed by atoms with Crippen LogP contribution >= 0.6 is 0 Å². The third kappa shape index (κ3) is 3.40. The highest BCUT2D eigenvalue weighted by Crippen LogP contribution is 2.25. The van der Waals surface area contributed by atoms with Gasteiger partial charge in [0.15, 0.2) is 0 Å². The summed E-state index contributed by atoms with van der Waals surface area (Å²) in [5.41, 5.74) is 4.39. The standard InChI is InChI=1S/C17H19N3O/c1-11-3-4-12(2)15(9-11)20-17(21)16-10-14(7-8-18-16)19-13-5-6-13/h3-4,7-10,13H,5-6H2,1-2H3,(H,18,19)(H,20,21). The van der Waals surface area contributed by atoms with Crippen molar-refractivity contribution in [2.45, 2.75) is 32.7 Å². The Hall–Kier alpha value is -2.36. The van der Waals surface area contributed by atoms with E-state index in [1.165, 1.54) is 12.8 Å². The monoisotopic (exact) mass is 281 g/mol. The molecule has 1 saturated carbocycles. The molecule has 0 unspecified atom stereocenters. The molecule has 2 aromatic rings. The number of pyridine rings is 1. The molecular weight excluding hydrogens is 262 g/mol. The first-order valence-electron chi connectivity index (χ1n) is 7.23. The lowest BCUT2D eigenvalue weighted by Gasteiger charge is -2.10. The molecule has 1 aliphatic rings. The molecule has 21 heavy (non-hydrogen) atoms. The molecule has 1 amide bonds. The molecule has 2 N–H and O–H groups in total. The first-order chi connectivity index (χ1) is 10.1. The minimum Gasteiger partial charge on any atom is -0.382 e. The van der Waals surface area contributed by atoms with E-state index in [9.17, 15) is 4.79 Å². The van der Waals surface area contributed by atoms with Gasteiger partial charge in [0, 0.05) is 23.6 Å². The van der Waals surface area contributed by atoms with Gasteiger partial charge in [-0.1, -0.05) is 12.1 Å². The van der Waals surface area contributed by atoms with Crippen LogP contribution in [0.25, 0.3) is 0 Å². The Labute approximate surface area is 124 Å². The lowest BCUT2D eigenvalue weighted by Crippen LogP contribution is -2.15. The van der Waals surface area contributed by atoms with Gasteiger partial charge < -0.3 is 10.6 Å². The number of aromatic nitrogens is 1. The fraction of sp³-hybridized carbons (Fsp3) is 0.294. The van der Waals surface area contributed by atoms with Crippen molar-refractivity contribution in [3.05, 3.63) is 53.3 Å². The number of benzene rings is 1. The highest BCUT2D eigenvalue weighted by molar-refractivity contribution is 6.03. The van der Waals surface area contributed by atoms with Crippen LogP contribution in [0.3, 0.4) is 0 Å². The topological polar surface area (TPSA) is 54.0 Å². The number of hydrogen-bond donors (Lipinski definition) is 2. The molecular formula is C17H19N3O. The molecule has 0 bridgehead atoms. The van der Waals surface area contributed by atoms with Crippen LogP contribution < -0.4 is 10.6 Å². The van der Waals surface area contributed by atoms with Crippen molar-refractivity contribution in [1.29, 1.82) is 0 Å². The number of hydrogen-bond acceptors (Lipinski definition) is 3. The molecule has 0 aliphatic heterocycles. The maximum atomic E-state index is 12.3. The Morgan fingerprint density at radius 1 is 1.19 bits per heavy atom. The van der Waals surface area contributed by atoms with E-state index >= 15 is 0 Å². The van der Waals surface area contributed by atoms with Gasteiger partial charge in [0.1, 0.15) is 5.69 Å². The van der Waals surface area contributed by atoms with Crippen LogP contribution in [0.2, 0.25) is 0 Å². The number of carbonyl (C=O) groups is 1. The van der Waals surface area contributed by atoms with Crippen molar-refractivity contribution in [3.63, 3.8) is 0 Å². The van der Waals surface area contributed by atoms with Crippen molar-refractivity contribution in [2.75, 3.05) is 10.6 Å². The van der Waals surface area contributed by atoms with Gasteiger partial charge >= 0.3 is 0 Å². The van der Waals surface area contributed by atoms with E-state index in [-0.39, 0.29) is 5.91 Å². The van der Waals surface area contributed by atoms with Gasteiger partial charge in [0.2, 0.25) is 0 Å². The second-order valence-electron chi connectivity index (χ2n) is 5.62. The van der Waals surface area contributed by atoms with E-state index < -0.39 is 0 Å². The number of amides is 1. The summed E-state index contributed by atoms with van der Waals surface area (Å²) in [7, 11) is 0. The Kier molecular flexibility index (Phi) is 3.60. The maximum Gasteiger partial charge on any atom is 0.274 e. The highest BCUT2D eigenvalue weighted by Gasteiger charge is 2.21. The lowest BCUT2D eigenvalue weighted by atomic mass is 10.1. The number of anilines is 2. The van der Waals surface area contributed by atoms with Crippen molar-refractivity contribution in [1.82, 2.24) is 4.98 Å². The van der Waals surface area contributed by atoms with Crippen LogP contribution in [-0.4, -0.2) is 16.9 Å². The number of carbonyl (C=O) groups excluding carboxylic acids is 1. The molecule has 1 aromatic carbocycles. The molecule has 4 nitrogen and oxygen atoms in total. The van der Waals surface area contributed by atoms with Crippen LogP contribution in [0.4, 0.5) is 11.4 Å². The second kappa shape index (κ2) is 5.56. The Morgan fingerprint density at radius 2 is 2.00 bits per heavy atom. The first kappa shape index (κ1) is 13.6.